The smallest absolute Gasteiger partial charge is 0.377 e. The van der Waals surface area contributed by atoms with Crippen molar-refractivity contribution >= 4 is 16.4 Å². The van der Waals surface area contributed by atoms with Gasteiger partial charge in [0.15, 0.2) is 0 Å². The molecule has 0 saturated carbocycles. The first kappa shape index (κ1) is 19.3. The Balaban J connectivity index is 3.17. The van der Waals surface area contributed by atoms with E-state index < -0.39 is 16.4 Å². The Kier molecular flexibility index (Phi) is 12.3. The summed E-state index contributed by atoms with van der Waals surface area (Å²) in [6.07, 6.45) is 0. The number of rotatable bonds is 13. The second-order valence-electron chi connectivity index (χ2n) is 2.96. The van der Waals surface area contributed by atoms with Crippen LogP contribution in [0.1, 0.15) is 0 Å². The van der Waals surface area contributed by atoms with Gasteiger partial charge in [-0.25, -0.2) is 4.57 Å². The Bertz CT molecular complexity index is 252. The van der Waals surface area contributed by atoms with Gasteiger partial charge in [0.1, 0.15) is 0 Å². The highest BCUT2D eigenvalue weighted by atomic mass is 31.2. The first-order valence-electron chi connectivity index (χ1n) is 5.36. The normalized spacial score (nSPS) is 16.2. The molecule has 11 heteroatoms. The molecule has 0 bridgehead atoms. The Labute approximate surface area is 113 Å². The fourth-order valence-corrected chi connectivity index (χ4v) is 1.56. The number of hydrogen-bond donors (Lipinski definition) is 2. The number of ether oxygens (including phenoxy) is 2. The largest absolute Gasteiger partial charge is 0.471 e. The van der Waals surface area contributed by atoms with Gasteiger partial charge in [-0.1, -0.05) is 0 Å². The molecule has 0 aromatic rings. The fourth-order valence-electron chi connectivity index (χ4n) is 0.813. The highest BCUT2D eigenvalue weighted by Gasteiger charge is 2.17. The lowest BCUT2D eigenvalue weighted by molar-refractivity contribution is 0.0219. The molecule has 0 saturated heterocycles. The third kappa shape index (κ3) is 13.1. The van der Waals surface area contributed by atoms with E-state index in [9.17, 15) is 4.57 Å². The fraction of sp³-hybridized carbons (Fsp3) is 1.00. The Morgan fingerprint density at radius 2 is 1.53 bits per heavy atom. The van der Waals surface area contributed by atoms with Crippen LogP contribution >= 0.6 is 16.4 Å². The van der Waals surface area contributed by atoms with Gasteiger partial charge in [0.2, 0.25) is 0 Å². The standard InChI is InChI=1S/C8H20O9P2/c1-12-18(9)16-7-5-14-3-4-15-6-8-17-19(10,11)13-2/h9H,3-8H2,1-2H3,(H,10,11). The quantitative estimate of drug-likeness (QED) is 0.373. The zero-order valence-corrected chi connectivity index (χ0v) is 12.7. The van der Waals surface area contributed by atoms with Crippen molar-refractivity contribution in [1.82, 2.24) is 0 Å². The van der Waals surface area contributed by atoms with Crippen LogP contribution in [0.5, 0.6) is 0 Å². The lowest BCUT2D eigenvalue weighted by atomic mass is 10.7. The number of hydrogen-bond acceptors (Lipinski definition) is 8. The molecule has 0 fully saturated rings. The number of phosphoric acid groups is 1. The van der Waals surface area contributed by atoms with E-state index in [1.54, 1.807) is 0 Å². The summed E-state index contributed by atoms with van der Waals surface area (Å²) < 4.78 is 39.1. The Morgan fingerprint density at radius 3 is 2.05 bits per heavy atom. The highest BCUT2D eigenvalue weighted by molar-refractivity contribution is 7.47. The lowest BCUT2D eigenvalue weighted by Gasteiger charge is -2.10. The van der Waals surface area contributed by atoms with Crippen molar-refractivity contribution in [3.63, 3.8) is 0 Å². The summed E-state index contributed by atoms with van der Waals surface area (Å²) >= 11 is 0. The second-order valence-corrected chi connectivity index (χ2v) is 5.62. The van der Waals surface area contributed by atoms with Crippen LogP contribution in [-0.2, 0) is 32.1 Å². The summed E-state index contributed by atoms with van der Waals surface area (Å²) in [5, 5.41) is 0. The molecule has 19 heavy (non-hydrogen) atoms. The third-order valence-corrected chi connectivity index (χ3v) is 3.36. The molecular formula is C8H20O9P2. The van der Waals surface area contributed by atoms with Crippen LogP contribution in [-0.4, -0.2) is 63.6 Å². The third-order valence-electron chi connectivity index (χ3n) is 1.67. The van der Waals surface area contributed by atoms with Crippen molar-refractivity contribution in [3.05, 3.63) is 0 Å². The average Bonchev–Trinajstić information content (AvgIpc) is 2.40. The maximum atomic E-state index is 10.9. The van der Waals surface area contributed by atoms with Crippen molar-refractivity contribution < 1.29 is 41.9 Å². The minimum absolute atomic E-state index is 0.0482. The van der Waals surface area contributed by atoms with E-state index in [2.05, 4.69) is 13.6 Å². The molecule has 0 aromatic heterocycles. The van der Waals surface area contributed by atoms with Gasteiger partial charge >= 0.3 is 16.4 Å². The van der Waals surface area contributed by atoms with E-state index in [0.717, 1.165) is 7.11 Å². The molecular weight excluding hydrogens is 302 g/mol. The van der Waals surface area contributed by atoms with E-state index in [1.807, 2.05) is 0 Å². The van der Waals surface area contributed by atoms with Gasteiger partial charge in [0, 0.05) is 14.2 Å². The van der Waals surface area contributed by atoms with Crippen LogP contribution in [0.2, 0.25) is 0 Å². The van der Waals surface area contributed by atoms with Gasteiger partial charge < -0.3 is 28.3 Å². The zero-order chi connectivity index (χ0) is 14.6. The molecule has 0 amide bonds. The molecule has 0 aliphatic rings. The van der Waals surface area contributed by atoms with E-state index >= 15 is 0 Å². The molecule has 2 atom stereocenters. The zero-order valence-electron chi connectivity index (χ0n) is 10.9. The van der Waals surface area contributed by atoms with Gasteiger partial charge in [0.05, 0.1) is 39.6 Å². The number of phosphoric ester groups is 1. The minimum atomic E-state index is -3.92. The summed E-state index contributed by atoms with van der Waals surface area (Å²) in [5.41, 5.74) is 0. The van der Waals surface area contributed by atoms with Crippen molar-refractivity contribution in [1.29, 1.82) is 0 Å². The molecule has 0 rings (SSSR count). The lowest BCUT2D eigenvalue weighted by Crippen LogP contribution is -2.11. The van der Waals surface area contributed by atoms with E-state index in [4.69, 9.17) is 23.8 Å². The van der Waals surface area contributed by atoms with Crippen LogP contribution in [0.4, 0.5) is 0 Å². The van der Waals surface area contributed by atoms with Crippen molar-refractivity contribution in [3.8, 4) is 0 Å². The van der Waals surface area contributed by atoms with E-state index in [1.165, 1.54) is 7.11 Å². The maximum Gasteiger partial charge on any atom is 0.471 e. The molecule has 0 aliphatic carbocycles. The summed E-state index contributed by atoms with van der Waals surface area (Å²) in [4.78, 5) is 17.8. The Hall–Kier alpha value is 0.340. The summed E-state index contributed by atoms with van der Waals surface area (Å²) in [6, 6.07) is 0. The molecule has 116 valence electrons. The second kappa shape index (κ2) is 12.1. The van der Waals surface area contributed by atoms with Gasteiger partial charge in [-0.15, -0.1) is 0 Å². The van der Waals surface area contributed by atoms with E-state index in [0.29, 0.717) is 19.8 Å². The van der Waals surface area contributed by atoms with Crippen LogP contribution in [0.3, 0.4) is 0 Å². The van der Waals surface area contributed by atoms with Gasteiger partial charge in [-0.05, 0) is 0 Å². The highest BCUT2D eigenvalue weighted by Crippen LogP contribution is 2.41. The summed E-state index contributed by atoms with van der Waals surface area (Å²) in [6.45, 7) is 1.27. The Morgan fingerprint density at radius 1 is 1.00 bits per heavy atom. The van der Waals surface area contributed by atoms with Crippen molar-refractivity contribution in [2.45, 2.75) is 0 Å². The van der Waals surface area contributed by atoms with Crippen LogP contribution in [0, 0.1) is 0 Å². The van der Waals surface area contributed by atoms with Crippen LogP contribution < -0.4 is 0 Å². The van der Waals surface area contributed by atoms with Crippen LogP contribution in [0.15, 0.2) is 0 Å². The maximum absolute atomic E-state index is 10.9. The predicted octanol–water partition coefficient (Wildman–Crippen LogP) is 0.665. The summed E-state index contributed by atoms with van der Waals surface area (Å²) in [5.74, 6) is 0. The summed E-state index contributed by atoms with van der Waals surface area (Å²) in [7, 11) is -3.30. The van der Waals surface area contributed by atoms with Gasteiger partial charge in [-0.3, -0.25) is 9.05 Å². The topological polar surface area (TPSA) is 113 Å². The molecule has 0 heterocycles. The monoisotopic (exact) mass is 322 g/mol. The molecule has 9 nitrogen and oxygen atoms in total. The van der Waals surface area contributed by atoms with Crippen LogP contribution in [0.25, 0.3) is 0 Å². The van der Waals surface area contributed by atoms with Crippen molar-refractivity contribution in [2.75, 3.05) is 53.9 Å². The predicted molar refractivity (Wildman–Crippen MR) is 66.5 cm³/mol. The van der Waals surface area contributed by atoms with Gasteiger partial charge in [-0.2, -0.15) is 0 Å². The van der Waals surface area contributed by atoms with E-state index in [-0.39, 0.29) is 19.8 Å². The average molecular weight is 322 g/mol. The first-order valence-corrected chi connectivity index (χ1v) is 7.99. The van der Waals surface area contributed by atoms with Gasteiger partial charge in [0.25, 0.3) is 0 Å². The molecule has 2 unspecified atom stereocenters. The molecule has 0 aromatic carbocycles. The molecule has 0 radical (unpaired) electrons. The molecule has 0 spiro atoms. The molecule has 2 N–H and O–H groups in total. The molecule has 0 aliphatic heterocycles. The minimum Gasteiger partial charge on any atom is -0.377 e. The SMILES string of the molecule is COP(O)OCCOCCOCCOP(=O)(O)OC. The van der Waals surface area contributed by atoms with Crippen molar-refractivity contribution in [2.24, 2.45) is 0 Å². The first-order chi connectivity index (χ1) is 9.02.